The fraction of sp³-hybridized carbons (Fsp3) is 0.389. The van der Waals surface area contributed by atoms with E-state index in [2.05, 4.69) is 34.1 Å². The van der Waals surface area contributed by atoms with Gasteiger partial charge in [0.05, 0.1) is 12.6 Å². The van der Waals surface area contributed by atoms with Gasteiger partial charge in [0.1, 0.15) is 4.70 Å². The molecule has 10 heteroatoms. The van der Waals surface area contributed by atoms with E-state index >= 15 is 0 Å². The Hall–Kier alpha value is -2.04. The van der Waals surface area contributed by atoms with Gasteiger partial charge in [0.25, 0.3) is 0 Å². The van der Waals surface area contributed by atoms with Gasteiger partial charge in [-0.1, -0.05) is 43.0 Å². The van der Waals surface area contributed by atoms with Crippen LogP contribution in [-0.2, 0) is 5.75 Å². The highest BCUT2D eigenvalue weighted by Gasteiger charge is 2.17. The van der Waals surface area contributed by atoms with Crippen LogP contribution in [0.5, 0.6) is 0 Å². The second-order valence-electron chi connectivity index (χ2n) is 6.75. The van der Waals surface area contributed by atoms with E-state index in [4.69, 9.17) is 5.73 Å². The molecule has 3 aromatic rings. The molecule has 0 aliphatic rings. The summed E-state index contributed by atoms with van der Waals surface area (Å²) in [5, 5.41) is 13.7. The van der Waals surface area contributed by atoms with E-state index in [1.165, 1.54) is 29.2 Å². The number of nitrogen functional groups attached to an aromatic ring is 1. The van der Waals surface area contributed by atoms with Crippen molar-refractivity contribution in [2.24, 2.45) is 5.92 Å². The number of hydrogen-bond acceptors (Lipinski definition) is 8. The van der Waals surface area contributed by atoms with Crippen molar-refractivity contribution in [1.82, 2.24) is 15.0 Å². The average Bonchev–Trinajstić information content (AvgIpc) is 3.02. The van der Waals surface area contributed by atoms with Crippen molar-refractivity contribution in [3.63, 3.8) is 0 Å². The molecule has 3 rings (SSSR count). The van der Waals surface area contributed by atoms with Crippen LogP contribution in [0, 0.1) is 17.6 Å². The third-order valence-corrected chi connectivity index (χ3v) is 5.72. The van der Waals surface area contributed by atoms with Gasteiger partial charge in [0.2, 0.25) is 0 Å². The lowest BCUT2D eigenvalue weighted by Gasteiger charge is -2.19. The Morgan fingerprint density at radius 1 is 1.21 bits per heavy atom. The highest BCUT2D eigenvalue weighted by atomic mass is 32.2. The van der Waals surface area contributed by atoms with Crippen molar-refractivity contribution in [3.05, 3.63) is 35.4 Å². The van der Waals surface area contributed by atoms with E-state index in [-0.39, 0.29) is 12.6 Å². The molecule has 2 heterocycles. The second-order valence-corrected chi connectivity index (χ2v) is 8.72. The zero-order valence-electron chi connectivity index (χ0n) is 15.4. The maximum absolute atomic E-state index is 13.4. The van der Waals surface area contributed by atoms with Crippen molar-refractivity contribution in [3.8, 4) is 0 Å². The predicted octanol–water partition coefficient (Wildman–Crippen LogP) is 4.06. The molecule has 0 bridgehead atoms. The maximum atomic E-state index is 13.4. The van der Waals surface area contributed by atoms with Crippen LogP contribution in [0.3, 0.4) is 0 Å². The van der Waals surface area contributed by atoms with Gasteiger partial charge in [-0.05, 0) is 30.0 Å². The highest BCUT2D eigenvalue weighted by molar-refractivity contribution is 7.98. The van der Waals surface area contributed by atoms with E-state index in [0.29, 0.717) is 39.0 Å². The molecule has 0 amide bonds. The molecular weight excluding hydrogens is 404 g/mol. The molecule has 2 aromatic heterocycles. The fourth-order valence-electron chi connectivity index (χ4n) is 2.70. The minimum atomic E-state index is -0.886. The Balaban J connectivity index is 1.85. The standard InChI is InChI=1S/C18H21F2N5OS2/c1-9(2)5-11(7-26)22-15-14-16(23-17(21)28-14)25-18(24-15)27-8-10-3-4-12(19)13(20)6-10/h3-4,6,9,11,26H,5,7-8H2,1-2H3,(H3,21,22,23,24,25). The molecule has 0 radical (unpaired) electrons. The van der Waals surface area contributed by atoms with Crippen molar-refractivity contribution in [2.75, 3.05) is 17.7 Å². The van der Waals surface area contributed by atoms with Crippen molar-refractivity contribution < 1.29 is 13.9 Å². The summed E-state index contributed by atoms with van der Waals surface area (Å²) in [4.78, 5) is 13.2. The van der Waals surface area contributed by atoms with E-state index in [9.17, 15) is 13.9 Å². The summed E-state index contributed by atoms with van der Waals surface area (Å²) in [7, 11) is 0. The zero-order valence-corrected chi connectivity index (χ0v) is 17.1. The molecule has 0 spiro atoms. The maximum Gasteiger partial charge on any atom is 0.191 e. The summed E-state index contributed by atoms with van der Waals surface area (Å²) < 4.78 is 27.2. The molecule has 6 nitrogen and oxygen atoms in total. The normalized spacial score (nSPS) is 12.6. The number of rotatable bonds is 8. The number of fused-ring (bicyclic) bond motifs is 1. The van der Waals surface area contributed by atoms with Gasteiger partial charge in [-0.3, -0.25) is 0 Å². The average molecular weight is 426 g/mol. The molecule has 1 aromatic carbocycles. The van der Waals surface area contributed by atoms with Gasteiger partial charge in [0, 0.05) is 5.75 Å². The molecule has 150 valence electrons. The summed E-state index contributed by atoms with van der Waals surface area (Å²) in [6, 6.07) is 3.62. The summed E-state index contributed by atoms with van der Waals surface area (Å²) in [5.41, 5.74) is 6.91. The molecule has 0 aliphatic heterocycles. The van der Waals surface area contributed by atoms with Crippen LogP contribution in [0.1, 0.15) is 25.8 Å². The van der Waals surface area contributed by atoms with Crippen molar-refractivity contribution in [2.45, 2.75) is 37.2 Å². The van der Waals surface area contributed by atoms with Gasteiger partial charge >= 0.3 is 0 Å². The third kappa shape index (κ3) is 5.06. The van der Waals surface area contributed by atoms with Gasteiger partial charge in [-0.2, -0.15) is 0 Å². The minimum absolute atomic E-state index is 0.0324. The largest absolute Gasteiger partial charge is 0.394 e. The number of thioether (sulfide) groups is 1. The van der Waals surface area contributed by atoms with Crippen molar-refractivity contribution in [1.29, 1.82) is 0 Å². The van der Waals surface area contributed by atoms with Crippen LogP contribution in [0.2, 0.25) is 0 Å². The predicted molar refractivity (Wildman–Crippen MR) is 109 cm³/mol. The number of aliphatic hydroxyl groups excluding tert-OH is 1. The van der Waals surface area contributed by atoms with Crippen molar-refractivity contribution >= 4 is 44.4 Å². The second kappa shape index (κ2) is 8.97. The van der Waals surface area contributed by atoms with E-state index in [1.807, 2.05) is 0 Å². The zero-order chi connectivity index (χ0) is 20.3. The molecule has 1 atom stereocenters. The first-order chi connectivity index (χ1) is 13.4. The topological polar surface area (TPSA) is 97.0 Å². The fourth-order valence-corrected chi connectivity index (χ4v) is 4.21. The molecule has 0 saturated carbocycles. The summed E-state index contributed by atoms with van der Waals surface area (Å²) in [5.74, 6) is -0.431. The van der Waals surface area contributed by atoms with Crippen LogP contribution < -0.4 is 11.1 Å². The summed E-state index contributed by atoms with van der Waals surface area (Å²) in [6.07, 6.45) is 0.771. The van der Waals surface area contributed by atoms with Gasteiger partial charge in [-0.15, -0.1) is 0 Å². The van der Waals surface area contributed by atoms with Crippen LogP contribution >= 0.6 is 23.1 Å². The first-order valence-electron chi connectivity index (χ1n) is 8.74. The number of anilines is 2. The minimum Gasteiger partial charge on any atom is -0.394 e. The monoisotopic (exact) mass is 425 g/mol. The van der Waals surface area contributed by atoms with Gasteiger partial charge < -0.3 is 16.2 Å². The SMILES string of the molecule is CC(C)CC(CO)Nc1nc(SCc2ccc(F)c(F)c2)nc2nc(N)sc12. The molecule has 0 fully saturated rings. The lowest BCUT2D eigenvalue weighted by molar-refractivity contribution is 0.259. The number of aromatic nitrogens is 3. The number of thiazole rings is 1. The number of nitrogens with two attached hydrogens (primary N) is 1. The molecule has 4 N–H and O–H groups in total. The Labute approximate surface area is 169 Å². The van der Waals surface area contributed by atoms with Crippen LogP contribution in [-0.4, -0.2) is 32.7 Å². The number of nitrogens with zero attached hydrogens (tertiary/aromatic N) is 3. The Morgan fingerprint density at radius 2 is 2.00 bits per heavy atom. The van der Waals surface area contributed by atoms with Gasteiger partial charge in [0.15, 0.2) is 33.4 Å². The van der Waals surface area contributed by atoms with Crippen LogP contribution in [0.15, 0.2) is 23.4 Å². The number of nitrogens with one attached hydrogen (secondary N) is 1. The quantitative estimate of drug-likeness (QED) is 0.370. The highest BCUT2D eigenvalue weighted by Crippen LogP contribution is 2.32. The summed E-state index contributed by atoms with van der Waals surface area (Å²) in [6.45, 7) is 4.12. The van der Waals surface area contributed by atoms with Gasteiger partial charge in [-0.25, -0.2) is 23.7 Å². The molecule has 28 heavy (non-hydrogen) atoms. The Morgan fingerprint density at radius 3 is 2.68 bits per heavy atom. The molecular formula is C18H21F2N5OS2. The number of benzene rings is 1. The smallest absolute Gasteiger partial charge is 0.191 e. The number of hydrogen-bond donors (Lipinski definition) is 3. The van der Waals surface area contributed by atoms with Crippen LogP contribution in [0.4, 0.5) is 19.7 Å². The third-order valence-electron chi connectivity index (χ3n) is 3.92. The first-order valence-corrected chi connectivity index (χ1v) is 10.5. The van der Waals surface area contributed by atoms with E-state index < -0.39 is 11.6 Å². The first kappa shape index (κ1) is 20.7. The lowest BCUT2D eigenvalue weighted by Crippen LogP contribution is -2.26. The number of aliphatic hydroxyl groups is 1. The molecule has 0 aliphatic carbocycles. The molecule has 1 unspecified atom stereocenters. The lowest BCUT2D eigenvalue weighted by atomic mass is 10.0. The van der Waals surface area contributed by atoms with Crippen LogP contribution in [0.25, 0.3) is 10.3 Å². The Bertz CT molecular complexity index is 967. The number of halogens is 2. The summed E-state index contributed by atoms with van der Waals surface area (Å²) >= 11 is 2.56. The van der Waals surface area contributed by atoms with E-state index in [0.717, 1.165) is 23.3 Å². The Kier molecular flexibility index (Phi) is 6.63. The molecule has 0 saturated heterocycles. The van der Waals surface area contributed by atoms with E-state index in [1.54, 1.807) is 0 Å².